The van der Waals surface area contributed by atoms with Gasteiger partial charge in [-0.1, -0.05) is 6.07 Å². The minimum absolute atomic E-state index is 0.114. The van der Waals surface area contributed by atoms with E-state index < -0.39 is 10.8 Å². The van der Waals surface area contributed by atoms with Crippen molar-refractivity contribution in [2.45, 2.75) is 6.54 Å². The molecule has 1 N–H and O–H groups in total. The average molecular weight is 356 g/mol. The first-order valence-corrected chi connectivity index (χ1v) is 7.65. The molecule has 2 aromatic heterocycles. The number of nitro benzene ring substituents is 1. The van der Waals surface area contributed by atoms with Crippen LogP contribution >= 0.6 is 0 Å². The Kier molecular flexibility index (Phi) is 4.70. The summed E-state index contributed by atoms with van der Waals surface area (Å²) in [4.78, 5) is 23.1. The van der Waals surface area contributed by atoms with E-state index in [1.807, 2.05) is 24.3 Å². The number of rotatable bonds is 6. The van der Waals surface area contributed by atoms with E-state index >= 15 is 0 Å². The zero-order valence-electron chi connectivity index (χ0n) is 14.1. The van der Waals surface area contributed by atoms with Crippen LogP contribution in [0.15, 0.2) is 42.6 Å². The maximum atomic E-state index is 12.5. The molecule has 26 heavy (non-hydrogen) atoms. The zero-order valence-corrected chi connectivity index (χ0v) is 14.1. The lowest BCUT2D eigenvalue weighted by molar-refractivity contribution is -0.385. The van der Waals surface area contributed by atoms with Gasteiger partial charge in [-0.05, 0) is 18.2 Å². The highest BCUT2D eigenvalue weighted by atomic mass is 16.6. The predicted molar refractivity (Wildman–Crippen MR) is 92.6 cm³/mol. The van der Waals surface area contributed by atoms with Crippen LogP contribution in [-0.2, 0) is 6.54 Å². The summed E-state index contributed by atoms with van der Waals surface area (Å²) in [6.45, 7) is 0.131. The first-order chi connectivity index (χ1) is 12.5. The second-order valence-corrected chi connectivity index (χ2v) is 5.37. The number of fused-ring (bicyclic) bond motifs is 1. The number of amides is 1. The molecule has 0 bridgehead atoms. The molecule has 1 aromatic carbocycles. The van der Waals surface area contributed by atoms with Gasteiger partial charge >= 0.3 is 0 Å². The lowest BCUT2D eigenvalue weighted by Gasteiger charge is -2.10. The first kappa shape index (κ1) is 17.2. The Bertz CT molecular complexity index is 949. The highest BCUT2D eigenvalue weighted by molar-refractivity contribution is 5.99. The SMILES string of the molecule is COc1cc(C(=O)NCc2cc3ccccn3n2)c([N+](=O)[O-])cc1OC. The summed E-state index contributed by atoms with van der Waals surface area (Å²) in [6, 6.07) is 9.89. The first-order valence-electron chi connectivity index (χ1n) is 7.65. The summed E-state index contributed by atoms with van der Waals surface area (Å²) in [6.07, 6.45) is 1.79. The molecule has 134 valence electrons. The van der Waals surface area contributed by atoms with Crippen molar-refractivity contribution in [3.05, 3.63) is 64.0 Å². The molecule has 3 aromatic rings. The summed E-state index contributed by atoms with van der Waals surface area (Å²) in [5, 5.41) is 18.3. The number of methoxy groups -OCH3 is 2. The Morgan fingerprint density at radius 2 is 1.96 bits per heavy atom. The molecule has 0 radical (unpaired) electrons. The summed E-state index contributed by atoms with van der Waals surface area (Å²) >= 11 is 0. The minimum Gasteiger partial charge on any atom is -0.493 e. The average Bonchev–Trinajstić information content (AvgIpc) is 3.07. The van der Waals surface area contributed by atoms with Crippen molar-refractivity contribution in [2.24, 2.45) is 0 Å². The van der Waals surface area contributed by atoms with Crippen LogP contribution < -0.4 is 14.8 Å². The van der Waals surface area contributed by atoms with Gasteiger partial charge < -0.3 is 14.8 Å². The van der Waals surface area contributed by atoms with Crippen LogP contribution in [0.1, 0.15) is 16.1 Å². The third kappa shape index (κ3) is 3.27. The highest BCUT2D eigenvalue weighted by Crippen LogP contribution is 2.34. The smallest absolute Gasteiger partial charge is 0.286 e. The molecular weight excluding hydrogens is 340 g/mol. The number of pyridine rings is 1. The van der Waals surface area contributed by atoms with Crippen molar-refractivity contribution in [3.8, 4) is 11.5 Å². The Morgan fingerprint density at radius 3 is 2.62 bits per heavy atom. The molecule has 0 unspecified atom stereocenters. The van der Waals surface area contributed by atoms with Gasteiger partial charge in [-0.15, -0.1) is 0 Å². The number of carbonyl (C=O) groups is 1. The lowest BCUT2D eigenvalue weighted by Crippen LogP contribution is -2.24. The topological polar surface area (TPSA) is 108 Å². The third-order valence-electron chi connectivity index (χ3n) is 3.79. The van der Waals surface area contributed by atoms with Crippen LogP contribution in [0.5, 0.6) is 11.5 Å². The van der Waals surface area contributed by atoms with Crippen LogP contribution in [0.2, 0.25) is 0 Å². The predicted octanol–water partition coefficient (Wildman–Crippen LogP) is 2.19. The van der Waals surface area contributed by atoms with Crippen molar-refractivity contribution in [1.82, 2.24) is 14.9 Å². The molecule has 0 atom stereocenters. The lowest BCUT2D eigenvalue weighted by atomic mass is 10.1. The molecular formula is C17H16N4O5. The number of nitrogens with zero attached hydrogens (tertiary/aromatic N) is 3. The summed E-state index contributed by atoms with van der Waals surface area (Å²) in [5.74, 6) is -0.193. The maximum Gasteiger partial charge on any atom is 0.286 e. The van der Waals surface area contributed by atoms with Crippen LogP contribution in [0, 0.1) is 10.1 Å². The van der Waals surface area contributed by atoms with E-state index in [4.69, 9.17) is 9.47 Å². The van der Waals surface area contributed by atoms with E-state index in [0.29, 0.717) is 5.69 Å². The number of aromatic nitrogens is 2. The molecule has 0 aliphatic heterocycles. The molecule has 2 heterocycles. The van der Waals surface area contributed by atoms with Gasteiger partial charge in [0.15, 0.2) is 11.5 Å². The number of nitrogens with one attached hydrogen (secondary N) is 1. The molecule has 1 amide bonds. The van der Waals surface area contributed by atoms with Gasteiger partial charge in [-0.2, -0.15) is 5.10 Å². The molecule has 9 nitrogen and oxygen atoms in total. The van der Waals surface area contributed by atoms with E-state index in [1.165, 1.54) is 26.4 Å². The van der Waals surface area contributed by atoms with Crippen LogP contribution in [0.3, 0.4) is 0 Å². The Labute approximate surface area is 148 Å². The molecule has 0 fully saturated rings. The largest absolute Gasteiger partial charge is 0.493 e. The van der Waals surface area contributed by atoms with Crippen molar-refractivity contribution in [1.29, 1.82) is 0 Å². The van der Waals surface area contributed by atoms with Crippen molar-refractivity contribution in [2.75, 3.05) is 14.2 Å². The van der Waals surface area contributed by atoms with Crippen LogP contribution in [0.4, 0.5) is 5.69 Å². The van der Waals surface area contributed by atoms with Crippen LogP contribution in [-0.4, -0.2) is 34.7 Å². The van der Waals surface area contributed by atoms with Crippen LogP contribution in [0.25, 0.3) is 5.52 Å². The van der Waals surface area contributed by atoms with Gasteiger partial charge in [0.2, 0.25) is 0 Å². The second-order valence-electron chi connectivity index (χ2n) is 5.37. The van der Waals surface area contributed by atoms with Gasteiger partial charge in [0, 0.05) is 12.3 Å². The van der Waals surface area contributed by atoms with E-state index in [2.05, 4.69) is 10.4 Å². The molecule has 0 saturated carbocycles. The highest BCUT2D eigenvalue weighted by Gasteiger charge is 2.24. The monoisotopic (exact) mass is 356 g/mol. The fourth-order valence-corrected chi connectivity index (χ4v) is 2.54. The molecule has 9 heteroatoms. The van der Waals surface area contributed by atoms with E-state index in [0.717, 1.165) is 5.52 Å². The number of ether oxygens (including phenoxy) is 2. The van der Waals surface area contributed by atoms with Gasteiger partial charge in [-0.3, -0.25) is 14.9 Å². The number of hydrogen-bond acceptors (Lipinski definition) is 6. The zero-order chi connectivity index (χ0) is 18.7. The fraction of sp³-hybridized carbons (Fsp3) is 0.176. The summed E-state index contributed by atoms with van der Waals surface area (Å²) < 4.78 is 11.9. The minimum atomic E-state index is -0.637. The molecule has 0 aliphatic rings. The summed E-state index contributed by atoms with van der Waals surface area (Å²) in [7, 11) is 2.76. The second kappa shape index (κ2) is 7.09. The molecule has 3 rings (SSSR count). The van der Waals surface area contributed by atoms with Gasteiger partial charge in [0.05, 0.1) is 43.0 Å². The van der Waals surface area contributed by atoms with Gasteiger partial charge in [0.1, 0.15) is 5.56 Å². The normalized spacial score (nSPS) is 10.5. The van der Waals surface area contributed by atoms with E-state index in [-0.39, 0.29) is 29.3 Å². The number of benzene rings is 1. The van der Waals surface area contributed by atoms with E-state index in [9.17, 15) is 14.9 Å². The molecule has 0 saturated heterocycles. The quantitative estimate of drug-likeness (QED) is 0.536. The Balaban J connectivity index is 1.85. The van der Waals surface area contributed by atoms with Gasteiger partial charge in [0.25, 0.3) is 11.6 Å². The van der Waals surface area contributed by atoms with Crippen molar-refractivity contribution < 1.29 is 19.2 Å². The summed E-state index contributed by atoms with van der Waals surface area (Å²) in [5.41, 5.74) is 1.04. The standard InChI is InChI=1S/C17H16N4O5/c1-25-15-8-13(14(21(23)24)9-16(15)26-2)17(22)18-10-11-7-12-5-3-4-6-20(12)19-11/h3-9H,10H2,1-2H3,(H,18,22). The molecule has 0 aliphatic carbocycles. The van der Waals surface area contributed by atoms with Gasteiger partial charge in [-0.25, -0.2) is 4.52 Å². The van der Waals surface area contributed by atoms with E-state index in [1.54, 1.807) is 10.7 Å². The number of nitro groups is 1. The molecule has 0 spiro atoms. The van der Waals surface area contributed by atoms with Crippen molar-refractivity contribution >= 4 is 17.1 Å². The number of hydrogen-bond donors (Lipinski definition) is 1. The Morgan fingerprint density at radius 1 is 1.23 bits per heavy atom. The van der Waals surface area contributed by atoms with Crippen molar-refractivity contribution in [3.63, 3.8) is 0 Å². The maximum absolute atomic E-state index is 12.5. The fourth-order valence-electron chi connectivity index (χ4n) is 2.54. The number of carbonyl (C=O) groups excluding carboxylic acids is 1. The Hall–Kier alpha value is -3.62. The third-order valence-corrected chi connectivity index (χ3v) is 3.79.